The van der Waals surface area contributed by atoms with Crippen LogP contribution in [0.25, 0.3) is 0 Å². The lowest BCUT2D eigenvalue weighted by Crippen LogP contribution is -2.28. The third kappa shape index (κ3) is 6.27. The van der Waals surface area contributed by atoms with Crippen molar-refractivity contribution < 1.29 is 23.7 Å². The van der Waals surface area contributed by atoms with E-state index in [0.717, 1.165) is 28.6 Å². The van der Waals surface area contributed by atoms with Gasteiger partial charge in [0.05, 0.1) is 13.2 Å². The van der Waals surface area contributed by atoms with Gasteiger partial charge in [0, 0.05) is 16.7 Å². The minimum Gasteiger partial charge on any atom is -0.493 e. The number of hydrogen-bond donors (Lipinski definition) is 1. The molecule has 150 valence electrons. The van der Waals surface area contributed by atoms with Gasteiger partial charge in [0.2, 0.25) is 0 Å². The van der Waals surface area contributed by atoms with Gasteiger partial charge in [-0.1, -0.05) is 6.07 Å². The standard InChI is InChI=1S/C21H24INO5/c1-25-20-11-15(4-9-19(20)28-13-18-3-2-10-26-18)12-23-21(24)14-27-17-7-5-16(22)6-8-17/h4-9,11,18H,2-3,10,12-14H2,1H3,(H,23,24). The highest BCUT2D eigenvalue weighted by molar-refractivity contribution is 14.1. The second-order valence-electron chi connectivity index (χ2n) is 6.45. The molecule has 0 aromatic heterocycles. The van der Waals surface area contributed by atoms with Gasteiger partial charge in [0.1, 0.15) is 12.4 Å². The van der Waals surface area contributed by atoms with Crippen molar-refractivity contribution in [1.29, 1.82) is 0 Å². The van der Waals surface area contributed by atoms with Gasteiger partial charge in [0.25, 0.3) is 5.91 Å². The van der Waals surface area contributed by atoms with Crippen LogP contribution in [0.5, 0.6) is 17.2 Å². The van der Waals surface area contributed by atoms with Crippen molar-refractivity contribution in [2.45, 2.75) is 25.5 Å². The van der Waals surface area contributed by atoms with E-state index in [1.165, 1.54) is 0 Å². The molecule has 2 aromatic carbocycles. The summed E-state index contributed by atoms with van der Waals surface area (Å²) in [6.07, 6.45) is 2.25. The monoisotopic (exact) mass is 497 g/mol. The fraction of sp³-hybridized carbons (Fsp3) is 0.381. The first-order valence-electron chi connectivity index (χ1n) is 9.20. The van der Waals surface area contributed by atoms with E-state index in [4.69, 9.17) is 18.9 Å². The normalized spacial score (nSPS) is 15.9. The smallest absolute Gasteiger partial charge is 0.258 e. The molecule has 0 saturated carbocycles. The van der Waals surface area contributed by atoms with E-state index < -0.39 is 0 Å². The first-order valence-corrected chi connectivity index (χ1v) is 10.3. The molecule has 0 bridgehead atoms. The number of amides is 1. The molecule has 1 N–H and O–H groups in total. The molecule has 1 fully saturated rings. The molecular formula is C21H24INO5. The molecule has 3 rings (SSSR count). The maximum atomic E-state index is 12.0. The van der Waals surface area contributed by atoms with Gasteiger partial charge in [-0.05, 0) is 77.4 Å². The Kier molecular flexibility index (Phi) is 7.79. The molecule has 1 heterocycles. The van der Waals surface area contributed by atoms with Crippen molar-refractivity contribution in [2.24, 2.45) is 0 Å². The first kappa shape index (κ1) is 20.7. The van der Waals surface area contributed by atoms with Crippen molar-refractivity contribution in [2.75, 3.05) is 26.9 Å². The van der Waals surface area contributed by atoms with Crippen molar-refractivity contribution in [3.05, 3.63) is 51.6 Å². The van der Waals surface area contributed by atoms with Gasteiger partial charge in [-0.25, -0.2) is 0 Å². The van der Waals surface area contributed by atoms with Crippen molar-refractivity contribution in [3.8, 4) is 17.2 Å². The second kappa shape index (κ2) is 10.5. The summed E-state index contributed by atoms with van der Waals surface area (Å²) in [5, 5.41) is 2.85. The first-order chi connectivity index (χ1) is 13.6. The Bertz CT molecular complexity index is 775. The van der Waals surface area contributed by atoms with Gasteiger partial charge >= 0.3 is 0 Å². The lowest BCUT2D eigenvalue weighted by molar-refractivity contribution is -0.123. The Labute approximate surface area is 178 Å². The topological polar surface area (TPSA) is 66.0 Å². The number of nitrogens with one attached hydrogen (secondary N) is 1. The van der Waals surface area contributed by atoms with Crippen LogP contribution < -0.4 is 19.5 Å². The Balaban J connectivity index is 1.46. The number of ether oxygens (including phenoxy) is 4. The zero-order valence-corrected chi connectivity index (χ0v) is 17.9. The number of halogens is 1. The summed E-state index contributed by atoms with van der Waals surface area (Å²) < 4.78 is 23.4. The van der Waals surface area contributed by atoms with Crippen LogP contribution in [-0.2, 0) is 16.1 Å². The summed E-state index contributed by atoms with van der Waals surface area (Å²) >= 11 is 2.22. The number of carbonyl (C=O) groups is 1. The van der Waals surface area contributed by atoms with E-state index in [-0.39, 0.29) is 18.6 Å². The fourth-order valence-corrected chi connectivity index (χ4v) is 3.19. The minimum atomic E-state index is -0.184. The highest BCUT2D eigenvalue weighted by atomic mass is 127. The molecule has 0 spiro atoms. The van der Waals surface area contributed by atoms with Crippen LogP contribution in [0.1, 0.15) is 18.4 Å². The Morgan fingerprint density at radius 1 is 1.18 bits per heavy atom. The maximum absolute atomic E-state index is 12.0. The van der Waals surface area contributed by atoms with Crippen LogP contribution in [0.4, 0.5) is 0 Å². The minimum absolute atomic E-state index is 0.0275. The summed E-state index contributed by atoms with van der Waals surface area (Å²) in [6.45, 7) is 1.68. The van der Waals surface area contributed by atoms with Gasteiger partial charge in [-0.3, -0.25) is 4.79 Å². The van der Waals surface area contributed by atoms with Crippen LogP contribution >= 0.6 is 22.6 Å². The number of methoxy groups -OCH3 is 1. The molecule has 28 heavy (non-hydrogen) atoms. The Morgan fingerprint density at radius 3 is 2.71 bits per heavy atom. The summed E-state index contributed by atoms with van der Waals surface area (Å²) in [4.78, 5) is 12.0. The van der Waals surface area contributed by atoms with Crippen LogP contribution in [-0.4, -0.2) is 38.9 Å². The van der Waals surface area contributed by atoms with E-state index in [2.05, 4.69) is 27.9 Å². The third-order valence-corrected chi connectivity index (χ3v) is 5.07. The molecule has 1 amide bonds. The molecule has 7 heteroatoms. The molecule has 1 unspecified atom stereocenters. The van der Waals surface area contributed by atoms with Crippen LogP contribution in [0.3, 0.4) is 0 Å². The van der Waals surface area contributed by atoms with E-state index in [1.807, 2.05) is 42.5 Å². The molecule has 0 aliphatic carbocycles. The molecule has 1 aliphatic heterocycles. The molecule has 1 saturated heterocycles. The van der Waals surface area contributed by atoms with Gasteiger partial charge in [0.15, 0.2) is 18.1 Å². The molecular weight excluding hydrogens is 473 g/mol. The van der Waals surface area contributed by atoms with Crippen LogP contribution in [0, 0.1) is 3.57 Å². The van der Waals surface area contributed by atoms with Crippen molar-refractivity contribution >= 4 is 28.5 Å². The van der Waals surface area contributed by atoms with Gasteiger partial charge in [-0.2, -0.15) is 0 Å². The lowest BCUT2D eigenvalue weighted by Gasteiger charge is -2.15. The highest BCUT2D eigenvalue weighted by Gasteiger charge is 2.17. The van der Waals surface area contributed by atoms with Crippen molar-refractivity contribution in [3.63, 3.8) is 0 Å². The summed E-state index contributed by atoms with van der Waals surface area (Å²) in [5.41, 5.74) is 0.920. The quantitative estimate of drug-likeness (QED) is 0.537. The number of hydrogen-bond acceptors (Lipinski definition) is 5. The zero-order valence-electron chi connectivity index (χ0n) is 15.8. The molecule has 1 aliphatic rings. The Hall–Kier alpha value is -2.00. The predicted molar refractivity (Wildman–Crippen MR) is 114 cm³/mol. The largest absolute Gasteiger partial charge is 0.493 e. The van der Waals surface area contributed by atoms with E-state index in [9.17, 15) is 4.79 Å². The van der Waals surface area contributed by atoms with Crippen molar-refractivity contribution in [1.82, 2.24) is 5.32 Å². The summed E-state index contributed by atoms with van der Waals surface area (Å²) in [5.74, 6) is 1.80. The summed E-state index contributed by atoms with van der Waals surface area (Å²) in [6, 6.07) is 13.2. The molecule has 2 aromatic rings. The van der Waals surface area contributed by atoms with Gasteiger partial charge in [-0.15, -0.1) is 0 Å². The van der Waals surface area contributed by atoms with Gasteiger partial charge < -0.3 is 24.3 Å². The predicted octanol–water partition coefficient (Wildman–Crippen LogP) is 3.55. The lowest BCUT2D eigenvalue weighted by atomic mass is 10.2. The Morgan fingerprint density at radius 2 is 2.00 bits per heavy atom. The van der Waals surface area contributed by atoms with E-state index in [0.29, 0.717) is 30.4 Å². The number of benzene rings is 2. The average Bonchev–Trinajstić information content (AvgIpc) is 3.24. The van der Waals surface area contributed by atoms with E-state index in [1.54, 1.807) is 7.11 Å². The second-order valence-corrected chi connectivity index (χ2v) is 7.70. The van der Waals surface area contributed by atoms with E-state index >= 15 is 0 Å². The number of carbonyl (C=O) groups excluding carboxylic acids is 1. The number of rotatable bonds is 9. The highest BCUT2D eigenvalue weighted by Crippen LogP contribution is 2.29. The zero-order chi connectivity index (χ0) is 19.8. The summed E-state index contributed by atoms with van der Waals surface area (Å²) in [7, 11) is 1.60. The maximum Gasteiger partial charge on any atom is 0.258 e. The fourth-order valence-electron chi connectivity index (χ4n) is 2.83. The molecule has 0 radical (unpaired) electrons. The average molecular weight is 497 g/mol. The van der Waals surface area contributed by atoms with Crippen LogP contribution in [0.15, 0.2) is 42.5 Å². The third-order valence-electron chi connectivity index (χ3n) is 4.35. The molecule has 1 atom stereocenters. The SMILES string of the molecule is COc1cc(CNC(=O)COc2ccc(I)cc2)ccc1OCC1CCCO1. The molecule has 6 nitrogen and oxygen atoms in total. The van der Waals surface area contributed by atoms with Crippen LogP contribution in [0.2, 0.25) is 0 Å².